The molecule has 0 spiro atoms. The summed E-state index contributed by atoms with van der Waals surface area (Å²) in [4.78, 5) is 2.58. The van der Waals surface area contributed by atoms with Crippen molar-refractivity contribution < 1.29 is 0 Å². The zero-order valence-corrected chi connectivity index (χ0v) is 23.9. The Morgan fingerprint density at radius 3 is 1.23 bits per heavy atom. The van der Waals surface area contributed by atoms with Crippen molar-refractivity contribution in [1.29, 1.82) is 0 Å². The molecular formula is C32H52N2S. The van der Waals surface area contributed by atoms with Gasteiger partial charge in [0.05, 0.1) is 0 Å². The van der Waals surface area contributed by atoms with E-state index in [4.69, 9.17) is 0 Å². The first-order valence-electron chi connectivity index (χ1n) is 14.5. The predicted octanol–water partition coefficient (Wildman–Crippen LogP) is 10.9. The smallest absolute Gasteiger partial charge is 0.0342 e. The summed E-state index contributed by atoms with van der Waals surface area (Å²) in [6.45, 7) is 9.17. The molecule has 0 aliphatic heterocycles. The van der Waals surface area contributed by atoms with Crippen LogP contribution < -0.4 is 10.6 Å². The first-order chi connectivity index (χ1) is 17.1. The van der Waals surface area contributed by atoms with E-state index in [0.717, 1.165) is 0 Å². The monoisotopic (exact) mass is 496 g/mol. The molecule has 2 atom stereocenters. The van der Waals surface area contributed by atoms with Gasteiger partial charge in [-0.3, -0.25) is 0 Å². The molecule has 0 saturated heterocycles. The highest BCUT2D eigenvalue weighted by atomic mass is 32.2. The number of hydrogen-bond acceptors (Lipinski definition) is 3. The van der Waals surface area contributed by atoms with Crippen LogP contribution in [0.4, 0.5) is 11.4 Å². The summed E-state index contributed by atoms with van der Waals surface area (Å²) in [6.07, 6.45) is 18.9. The lowest BCUT2D eigenvalue weighted by Crippen LogP contribution is -2.14. The molecule has 2 nitrogen and oxygen atoms in total. The van der Waals surface area contributed by atoms with Crippen LogP contribution in [0.3, 0.4) is 0 Å². The second-order valence-electron chi connectivity index (χ2n) is 10.4. The topological polar surface area (TPSA) is 24.1 Å². The third-order valence-corrected chi connectivity index (χ3v) is 7.77. The Balaban J connectivity index is 1.66. The number of anilines is 2. The van der Waals surface area contributed by atoms with Crippen LogP contribution in [0.5, 0.6) is 0 Å². The van der Waals surface area contributed by atoms with E-state index in [2.05, 4.69) is 86.9 Å². The van der Waals surface area contributed by atoms with Crippen LogP contribution in [0.25, 0.3) is 0 Å². The molecule has 0 bridgehead atoms. The third kappa shape index (κ3) is 13.9. The van der Waals surface area contributed by atoms with Crippen LogP contribution in [0.2, 0.25) is 0 Å². The molecular weight excluding hydrogens is 444 g/mol. The van der Waals surface area contributed by atoms with Crippen molar-refractivity contribution in [1.82, 2.24) is 0 Å². The van der Waals surface area contributed by atoms with Gasteiger partial charge in [-0.1, -0.05) is 103 Å². The Labute approximate surface area is 221 Å². The van der Waals surface area contributed by atoms with E-state index >= 15 is 0 Å². The first-order valence-corrected chi connectivity index (χ1v) is 15.3. The summed E-state index contributed by atoms with van der Waals surface area (Å²) in [5.41, 5.74) is 2.46. The van der Waals surface area contributed by atoms with Gasteiger partial charge in [0.15, 0.2) is 0 Å². The lowest BCUT2D eigenvalue weighted by atomic mass is 10.1. The summed E-state index contributed by atoms with van der Waals surface area (Å²) in [5.74, 6) is 0. The van der Waals surface area contributed by atoms with Crippen molar-refractivity contribution in [2.24, 2.45) is 0 Å². The minimum atomic E-state index is 0.531. The summed E-state index contributed by atoms with van der Waals surface area (Å²) < 4.78 is 0. The van der Waals surface area contributed by atoms with Crippen molar-refractivity contribution in [3.63, 3.8) is 0 Å². The summed E-state index contributed by atoms with van der Waals surface area (Å²) in [6, 6.07) is 18.9. The van der Waals surface area contributed by atoms with E-state index in [1.807, 2.05) is 11.8 Å². The van der Waals surface area contributed by atoms with E-state index in [1.54, 1.807) is 0 Å². The van der Waals surface area contributed by atoms with E-state index in [-0.39, 0.29) is 0 Å². The van der Waals surface area contributed by atoms with Crippen LogP contribution >= 0.6 is 11.8 Å². The molecule has 0 fully saturated rings. The maximum Gasteiger partial charge on any atom is 0.0342 e. The Kier molecular flexibility index (Phi) is 15.8. The van der Waals surface area contributed by atoms with Crippen LogP contribution in [0, 0.1) is 0 Å². The molecule has 3 heteroatoms. The fourth-order valence-electron chi connectivity index (χ4n) is 4.55. The molecule has 0 aromatic heterocycles. The van der Waals surface area contributed by atoms with Gasteiger partial charge < -0.3 is 10.6 Å². The van der Waals surface area contributed by atoms with Crippen molar-refractivity contribution in [3.05, 3.63) is 48.5 Å². The molecule has 2 aromatic rings. The largest absolute Gasteiger partial charge is 0.383 e. The van der Waals surface area contributed by atoms with Crippen LogP contribution in [0.1, 0.15) is 118 Å². The lowest BCUT2D eigenvalue weighted by molar-refractivity contribution is 0.567. The highest BCUT2D eigenvalue weighted by Crippen LogP contribution is 2.30. The van der Waals surface area contributed by atoms with Gasteiger partial charge in [0.2, 0.25) is 0 Å². The number of benzene rings is 2. The van der Waals surface area contributed by atoms with E-state index in [1.165, 1.54) is 111 Å². The average molecular weight is 497 g/mol. The number of rotatable bonds is 20. The van der Waals surface area contributed by atoms with Gasteiger partial charge in [0.25, 0.3) is 0 Å². The van der Waals surface area contributed by atoms with E-state index in [0.29, 0.717) is 12.1 Å². The zero-order chi connectivity index (χ0) is 25.1. The Morgan fingerprint density at radius 2 is 0.857 bits per heavy atom. The quantitative estimate of drug-likeness (QED) is 0.178. The normalized spacial score (nSPS) is 12.9. The Morgan fingerprint density at radius 1 is 0.514 bits per heavy atom. The van der Waals surface area contributed by atoms with Crippen LogP contribution in [0.15, 0.2) is 58.3 Å². The fourth-order valence-corrected chi connectivity index (χ4v) is 5.37. The first kappa shape index (κ1) is 29.6. The Bertz CT molecular complexity index is 691. The van der Waals surface area contributed by atoms with E-state index < -0.39 is 0 Å². The minimum Gasteiger partial charge on any atom is -0.383 e. The molecule has 2 rings (SSSR count). The van der Waals surface area contributed by atoms with Gasteiger partial charge >= 0.3 is 0 Å². The van der Waals surface area contributed by atoms with Crippen molar-refractivity contribution >= 4 is 23.1 Å². The number of nitrogens with one attached hydrogen (secondary N) is 2. The van der Waals surface area contributed by atoms with Gasteiger partial charge in [0, 0.05) is 33.2 Å². The molecule has 0 radical (unpaired) electrons. The van der Waals surface area contributed by atoms with Gasteiger partial charge in [-0.25, -0.2) is 0 Å². The highest BCUT2D eigenvalue weighted by Gasteiger charge is 2.05. The SMILES string of the molecule is CCCCCCCCC(C)Nc1ccc(Sc2ccc(NC(C)CCCCCCCC)cc2)cc1. The second kappa shape index (κ2) is 18.6. The average Bonchev–Trinajstić information content (AvgIpc) is 2.86. The molecule has 0 aliphatic rings. The maximum atomic E-state index is 3.67. The van der Waals surface area contributed by atoms with Crippen LogP contribution in [-0.2, 0) is 0 Å². The lowest BCUT2D eigenvalue weighted by Gasteiger charge is -2.16. The molecule has 2 unspecified atom stereocenters. The van der Waals surface area contributed by atoms with E-state index in [9.17, 15) is 0 Å². The van der Waals surface area contributed by atoms with Crippen LogP contribution in [-0.4, -0.2) is 12.1 Å². The molecule has 0 heterocycles. The molecule has 2 N–H and O–H groups in total. The molecule has 196 valence electrons. The van der Waals surface area contributed by atoms with Gasteiger partial charge in [0.1, 0.15) is 0 Å². The molecule has 0 aliphatic carbocycles. The second-order valence-corrected chi connectivity index (χ2v) is 11.5. The fraction of sp³-hybridized carbons (Fsp3) is 0.625. The predicted molar refractivity (Wildman–Crippen MR) is 159 cm³/mol. The summed E-state index contributed by atoms with van der Waals surface area (Å²) >= 11 is 1.83. The molecule has 0 amide bonds. The molecule has 35 heavy (non-hydrogen) atoms. The van der Waals surface area contributed by atoms with Crippen molar-refractivity contribution in [2.75, 3.05) is 10.6 Å². The van der Waals surface area contributed by atoms with Crippen molar-refractivity contribution in [2.45, 2.75) is 139 Å². The van der Waals surface area contributed by atoms with Crippen molar-refractivity contribution in [3.8, 4) is 0 Å². The molecule has 2 aromatic carbocycles. The Hall–Kier alpha value is -1.61. The van der Waals surface area contributed by atoms with Gasteiger partial charge in [-0.2, -0.15) is 0 Å². The summed E-state index contributed by atoms with van der Waals surface area (Å²) in [7, 11) is 0. The third-order valence-electron chi connectivity index (χ3n) is 6.75. The molecule has 0 saturated carbocycles. The summed E-state index contributed by atoms with van der Waals surface area (Å²) in [5, 5.41) is 7.34. The zero-order valence-electron chi connectivity index (χ0n) is 23.1. The number of hydrogen-bond donors (Lipinski definition) is 2. The van der Waals surface area contributed by atoms with Gasteiger partial charge in [-0.15, -0.1) is 0 Å². The standard InChI is InChI=1S/C32H52N2S/c1-5-7-9-11-13-15-17-27(3)33-29-19-23-31(24-20-29)35-32-25-21-30(22-26-32)34-28(4)18-16-14-12-10-8-6-2/h19-28,33-34H,5-18H2,1-4H3. The minimum absolute atomic E-state index is 0.531. The number of unbranched alkanes of at least 4 members (excludes halogenated alkanes) is 10. The maximum absolute atomic E-state index is 3.67. The highest BCUT2D eigenvalue weighted by molar-refractivity contribution is 7.99. The van der Waals surface area contributed by atoms with Gasteiger partial charge in [-0.05, 0) is 75.2 Å².